The van der Waals surface area contributed by atoms with Crippen molar-refractivity contribution in [1.82, 2.24) is 13.7 Å². The highest BCUT2D eigenvalue weighted by Gasteiger charge is 2.23. The molecule has 0 saturated heterocycles. The number of hydrogen-bond acceptors (Lipinski definition) is 0. The largest absolute Gasteiger partial charge is 0.309 e. The molecule has 238 valence electrons. The van der Waals surface area contributed by atoms with Crippen LogP contribution in [0.4, 0.5) is 0 Å². The molecule has 3 heterocycles. The Balaban J connectivity index is 1.29. The van der Waals surface area contributed by atoms with Gasteiger partial charge in [0.1, 0.15) is 0 Å². The van der Waals surface area contributed by atoms with E-state index in [1.54, 1.807) is 0 Å². The van der Waals surface area contributed by atoms with E-state index in [2.05, 4.69) is 202 Å². The van der Waals surface area contributed by atoms with Crippen LogP contribution in [0.1, 0.15) is 0 Å². The standard InChI is InChI=1S/C48H31N3/c1-3-15-32(16-4-1)33-17-13-20-35(31-33)50-41-25-11-8-22-38(41)46-43(50)27-14-28-44(46)51-40-24-10-7-21-36(40)37-29-30-45-47(48(37)51)39-23-9-12-26-42(39)49(45)34-18-5-2-6-19-34/h1-31H. The summed E-state index contributed by atoms with van der Waals surface area (Å²) >= 11 is 0. The molecule has 0 atom stereocenters. The summed E-state index contributed by atoms with van der Waals surface area (Å²) in [5.74, 6) is 0. The topological polar surface area (TPSA) is 14.8 Å². The second-order valence-corrected chi connectivity index (χ2v) is 13.3. The third kappa shape index (κ3) is 4.00. The predicted octanol–water partition coefficient (Wildman–Crippen LogP) is 12.6. The monoisotopic (exact) mass is 649 g/mol. The normalized spacial score (nSPS) is 11.9. The fourth-order valence-electron chi connectivity index (χ4n) is 8.53. The van der Waals surface area contributed by atoms with Gasteiger partial charge in [0.05, 0.1) is 38.8 Å². The molecule has 0 aliphatic rings. The van der Waals surface area contributed by atoms with E-state index >= 15 is 0 Å². The Morgan fingerprint density at radius 2 is 0.784 bits per heavy atom. The molecule has 3 nitrogen and oxygen atoms in total. The Labute approximate surface area is 294 Å². The van der Waals surface area contributed by atoms with Crippen LogP contribution in [0.25, 0.3) is 93.6 Å². The number of para-hydroxylation sites is 4. The quantitative estimate of drug-likeness (QED) is 0.180. The molecule has 11 aromatic rings. The maximum absolute atomic E-state index is 2.54. The van der Waals surface area contributed by atoms with Gasteiger partial charge in [0.2, 0.25) is 0 Å². The summed E-state index contributed by atoms with van der Waals surface area (Å²) in [6.07, 6.45) is 0. The average Bonchev–Trinajstić information content (AvgIpc) is 3.84. The minimum Gasteiger partial charge on any atom is -0.309 e. The summed E-state index contributed by atoms with van der Waals surface area (Å²) in [6, 6.07) is 68.3. The number of aromatic nitrogens is 3. The van der Waals surface area contributed by atoms with Gasteiger partial charge < -0.3 is 13.7 Å². The molecule has 0 aliphatic heterocycles. The zero-order chi connectivity index (χ0) is 33.5. The lowest BCUT2D eigenvalue weighted by molar-refractivity contribution is 1.17. The van der Waals surface area contributed by atoms with E-state index in [0.29, 0.717) is 0 Å². The van der Waals surface area contributed by atoms with Crippen LogP contribution in [-0.2, 0) is 0 Å². The van der Waals surface area contributed by atoms with Crippen LogP contribution in [0, 0.1) is 0 Å². The van der Waals surface area contributed by atoms with Crippen LogP contribution in [0.3, 0.4) is 0 Å². The van der Waals surface area contributed by atoms with Crippen LogP contribution in [0.15, 0.2) is 188 Å². The molecule has 0 spiro atoms. The lowest BCUT2D eigenvalue weighted by Gasteiger charge is -2.13. The summed E-state index contributed by atoms with van der Waals surface area (Å²) in [4.78, 5) is 0. The molecule has 0 bridgehead atoms. The zero-order valence-electron chi connectivity index (χ0n) is 27.7. The Bertz CT molecular complexity index is 3120. The van der Waals surface area contributed by atoms with Crippen LogP contribution in [-0.4, -0.2) is 13.7 Å². The lowest BCUT2D eigenvalue weighted by atomic mass is 10.1. The van der Waals surface area contributed by atoms with Gasteiger partial charge in [0.25, 0.3) is 0 Å². The van der Waals surface area contributed by atoms with Crippen molar-refractivity contribution in [2.75, 3.05) is 0 Å². The van der Waals surface area contributed by atoms with Gasteiger partial charge in [-0.05, 0) is 71.8 Å². The SMILES string of the molecule is c1ccc(-c2cccc(-n3c4ccccc4c4c(-n5c6ccccc6c6ccc7c(c8ccccc8n7-c7ccccc7)c65)cccc43)c2)cc1. The number of fused-ring (bicyclic) bond motifs is 10. The molecule has 0 N–H and O–H groups in total. The highest BCUT2D eigenvalue weighted by Crippen LogP contribution is 2.44. The number of benzene rings is 8. The summed E-state index contributed by atoms with van der Waals surface area (Å²) < 4.78 is 7.39. The molecule has 3 heteroatoms. The zero-order valence-corrected chi connectivity index (χ0v) is 27.7. The molecule has 3 aromatic heterocycles. The maximum Gasteiger partial charge on any atom is 0.0641 e. The smallest absolute Gasteiger partial charge is 0.0641 e. The minimum absolute atomic E-state index is 1.15. The molecule has 0 aliphatic carbocycles. The molecular weight excluding hydrogens is 619 g/mol. The number of rotatable bonds is 4. The van der Waals surface area contributed by atoms with Gasteiger partial charge in [-0.1, -0.05) is 127 Å². The van der Waals surface area contributed by atoms with E-state index in [1.165, 1.54) is 82.2 Å². The van der Waals surface area contributed by atoms with Gasteiger partial charge in [-0.15, -0.1) is 0 Å². The van der Waals surface area contributed by atoms with Crippen LogP contribution >= 0.6 is 0 Å². The molecule has 11 rings (SSSR count). The van der Waals surface area contributed by atoms with Crippen molar-refractivity contribution in [3.05, 3.63) is 188 Å². The second-order valence-electron chi connectivity index (χ2n) is 13.3. The van der Waals surface area contributed by atoms with Crippen LogP contribution < -0.4 is 0 Å². The highest BCUT2D eigenvalue weighted by molar-refractivity contribution is 6.27. The van der Waals surface area contributed by atoms with E-state index in [0.717, 1.165) is 11.4 Å². The van der Waals surface area contributed by atoms with Crippen molar-refractivity contribution >= 4 is 65.4 Å². The van der Waals surface area contributed by atoms with Crippen molar-refractivity contribution < 1.29 is 0 Å². The van der Waals surface area contributed by atoms with E-state index in [4.69, 9.17) is 0 Å². The van der Waals surface area contributed by atoms with Crippen molar-refractivity contribution in [1.29, 1.82) is 0 Å². The summed E-state index contributed by atoms with van der Waals surface area (Å²) in [5, 5.41) is 7.49. The van der Waals surface area contributed by atoms with E-state index in [9.17, 15) is 0 Å². The fourth-order valence-corrected chi connectivity index (χ4v) is 8.53. The highest BCUT2D eigenvalue weighted by atomic mass is 15.0. The van der Waals surface area contributed by atoms with Crippen LogP contribution in [0.2, 0.25) is 0 Å². The lowest BCUT2D eigenvalue weighted by Crippen LogP contribution is -1.97. The first kappa shape index (κ1) is 28.0. The second kappa shape index (κ2) is 10.8. The number of nitrogens with zero attached hydrogens (tertiary/aromatic N) is 3. The first-order valence-electron chi connectivity index (χ1n) is 17.5. The summed E-state index contributed by atoms with van der Waals surface area (Å²) in [6.45, 7) is 0. The van der Waals surface area contributed by atoms with Crippen molar-refractivity contribution in [2.45, 2.75) is 0 Å². The van der Waals surface area contributed by atoms with Gasteiger partial charge in [-0.25, -0.2) is 0 Å². The van der Waals surface area contributed by atoms with Gasteiger partial charge in [-0.2, -0.15) is 0 Å². The third-order valence-electron chi connectivity index (χ3n) is 10.6. The summed E-state index contributed by atoms with van der Waals surface area (Å²) in [7, 11) is 0. The molecule has 0 unspecified atom stereocenters. The van der Waals surface area contributed by atoms with Gasteiger partial charge >= 0.3 is 0 Å². The van der Waals surface area contributed by atoms with E-state index in [1.807, 2.05) is 0 Å². The van der Waals surface area contributed by atoms with Crippen LogP contribution in [0.5, 0.6) is 0 Å². The van der Waals surface area contributed by atoms with E-state index < -0.39 is 0 Å². The Morgan fingerprint density at radius 1 is 0.275 bits per heavy atom. The van der Waals surface area contributed by atoms with E-state index in [-0.39, 0.29) is 0 Å². The summed E-state index contributed by atoms with van der Waals surface area (Å²) in [5.41, 5.74) is 13.1. The number of hydrogen-bond donors (Lipinski definition) is 0. The molecule has 0 radical (unpaired) electrons. The van der Waals surface area contributed by atoms with Gasteiger partial charge in [0.15, 0.2) is 0 Å². The molecule has 0 saturated carbocycles. The van der Waals surface area contributed by atoms with Gasteiger partial charge in [0, 0.05) is 43.7 Å². The Morgan fingerprint density at radius 3 is 1.53 bits per heavy atom. The van der Waals surface area contributed by atoms with Gasteiger partial charge in [-0.3, -0.25) is 0 Å². The van der Waals surface area contributed by atoms with Crippen molar-refractivity contribution in [2.24, 2.45) is 0 Å². The first-order chi connectivity index (χ1) is 25.3. The fraction of sp³-hybridized carbons (Fsp3) is 0. The molecule has 8 aromatic carbocycles. The predicted molar refractivity (Wildman–Crippen MR) is 215 cm³/mol. The Hall–Kier alpha value is -6.84. The Kier molecular flexibility index (Phi) is 5.96. The maximum atomic E-state index is 2.54. The molecule has 0 amide bonds. The molecule has 51 heavy (non-hydrogen) atoms. The molecule has 0 fully saturated rings. The molecular formula is C48H31N3. The minimum atomic E-state index is 1.15. The van der Waals surface area contributed by atoms with Crippen molar-refractivity contribution in [3.8, 4) is 28.2 Å². The van der Waals surface area contributed by atoms with Crippen molar-refractivity contribution in [3.63, 3.8) is 0 Å². The third-order valence-corrected chi connectivity index (χ3v) is 10.6. The first-order valence-corrected chi connectivity index (χ1v) is 17.5. The average molecular weight is 650 g/mol.